The van der Waals surface area contributed by atoms with Crippen LogP contribution in [0.15, 0.2) is 0 Å². The van der Waals surface area contributed by atoms with Crippen LogP contribution in [0.2, 0.25) is 0 Å². The Kier molecular flexibility index (Phi) is 6.40. The molecule has 0 amide bonds. The van der Waals surface area contributed by atoms with Crippen molar-refractivity contribution in [2.75, 3.05) is 7.05 Å². The van der Waals surface area contributed by atoms with Crippen molar-refractivity contribution in [1.82, 2.24) is 5.32 Å². The third-order valence-corrected chi connectivity index (χ3v) is 3.77. The van der Waals surface area contributed by atoms with Gasteiger partial charge in [-0.3, -0.25) is 0 Å². The molecule has 0 rings (SSSR count). The Balaban J connectivity index is 4.21. The van der Waals surface area contributed by atoms with Crippen LogP contribution in [0.25, 0.3) is 0 Å². The number of nitrogens with one attached hydrogen (secondary N) is 1. The van der Waals surface area contributed by atoms with E-state index in [0.717, 1.165) is 17.8 Å². The van der Waals surface area contributed by atoms with Crippen molar-refractivity contribution in [2.24, 2.45) is 17.8 Å². The zero-order valence-corrected chi connectivity index (χ0v) is 10.2. The van der Waals surface area contributed by atoms with Crippen LogP contribution in [-0.4, -0.2) is 13.1 Å². The first kappa shape index (κ1) is 13.0. The maximum Gasteiger partial charge on any atom is 0.00641 e. The van der Waals surface area contributed by atoms with Gasteiger partial charge in [-0.1, -0.05) is 40.5 Å². The Bertz CT molecular complexity index is 122. The molecule has 4 unspecified atom stereocenters. The smallest absolute Gasteiger partial charge is 0.00641 e. The molecule has 1 N–H and O–H groups in total. The van der Waals surface area contributed by atoms with Gasteiger partial charge in [0, 0.05) is 6.04 Å². The second kappa shape index (κ2) is 6.42. The highest BCUT2D eigenvalue weighted by molar-refractivity contribution is 4.77. The van der Waals surface area contributed by atoms with Crippen molar-refractivity contribution >= 4 is 0 Å². The largest absolute Gasteiger partial charge is 0.317 e. The molecule has 0 aromatic carbocycles. The van der Waals surface area contributed by atoms with Crippen molar-refractivity contribution in [3.8, 4) is 0 Å². The van der Waals surface area contributed by atoms with Gasteiger partial charge in [-0.25, -0.2) is 0 Å². The molecule has 4 atom stereocenters. The topological polar surface area (TPSA) is 12.0 Å². The number of rotatable bonds is 6. The summed E-state index contributed by atoms with van der Waals surface area (Å²) in [4.78, 5) is 0. The van der Waals surface area contributed by atoms with E-state index < -0.39 is 0 Å². The molecule has 0 saturated heterocycles. The van der Waals surface area contributed by atoms with Gasteiger partial charge in [0.1, 0.15) is 0 Å². The lowest BCUT2D eigenvalue weighted by atomic mass is 9.77. The molecule has 0 heterocycles. The van der Waals surface area contributed by atoms with Gasteiger partial charge in [0.25, 0.3) is 0 Å². The summed E-state index contributed by atoms with van der Waals surface area (Å²) >= 11 is 0. The van der Waals surface area contributed by atoms with Crippen LogP contribution in [0, 0.1) is 17.8 Å². The van der Waals surface area contributed by atoms with Gasteiger partial charge >= 0.3 is 0 Å². The third-order valence-electron chi connectivity index (χ3n) is 3.77. The molecule has 13 heavy (non-hydrogen) atoms. The highest BCUT2D eigenvalue weighted by Gasteiger charge is 2.24. The van der Waals surface area contributed by atoms with E-state index in [1.54, 1.807) is 0 Å². The van der Waals surface area contributed by atoms with E-state index in [-0.39, 0.29) is 0 Å². The SMILES string of the molecule is CCC(C)C(CC)C(C)C(C)NC. The minimum Gasteiger partial charge on any atom is -0.317 e. The molecule has 0 aliphatic carbocycles. The van der Waals surface area contributed by atoms with Gasteiger partial charge in [0.05, 0.1) is 0 Å². The monoisotopic (exact) mass is 185 g/mol. The van der Waals surface area contributed by atoms with Crippen LogP contribution in [-0.2, 0) is 0 Å². The normalized spacial score (nSPS) is 20.8. The summed E-state index contributed by atoms with van der Waals surface area (Å²) in [5.41, 5.74) is 0. The molecule has 0 radical (unpaired) electrons. The van der Waals surface area contributed by atoms with Gasteiger partial charge in [-0.2, -0.15) is 0 Å². The third kappa shape index (κ3) is 3.68. The number of hydrogen-bond acceptors (Lipinski definition) is 1. The minimum absolute atomic E-state index is 0.638. The quantitative estimate of drug-likeness (QED) is 0.669. The lowest BCUT2D eigenvalue weighted by Gasteiger charge is -2.32. The summed E-state index contributed by atoms with van der Waals surface area (Å²) in [6.07, 6.45) is 2.61. The Morgan fingerprint density at radius 2 is 1.54 bits per heavy atom. The lowest BCUT2D eigenvalue weighted by Crippen LogP contribution is -2.35. The zero-order chi connectivity index (χ0) is 10.4. The van der Waals surface area contributed by atoms with Crippen LogP contribution in [0.3, 0.4) is 0 Å². The van der Waals surface area contributed by atoms with Gasteiger partial charge in [-0.15, -0.1) is 0 Å². The van der Waals surface area contributed by atoms with E-state index in [0.29, 0.717) is 6.04 Å². The standard InChI is InChI=1S/C12H27N/c1-7-9(3)12(8-2)10(4)11(5)13-6/h9-13H,7-8H2,1-6H3. The van der Waals surface area contributed by atoms with Crippen molar-refractivity contribution in [1.29, 1.82) is 0 Å². The second-order valence-electron chi connectivity index (χ2n) is 4.39. The van der Waals surface area contributed by atoms with E-state index in [2.05, 4.69) is 47.0 Å². The Hall–Kier alpha value is -0.0400. The van der Waals surface area contributed by atoms with E-state index >= 15 is 0 Å². The average Bonchev–Trinajstić information content (AvgIpc) is 2.17. The summed E-state index contributed by atoms with van der Waals surface area (Å²) in [6.45, 7) is 11.7. The molecule has 0 spiro atoms. The maximum atomic E-state index is 3.36. The summed E-state index contributed by atoms with van der Waals surface area (Å²) in [7, 11) is 2.06. The van der Waals surface area contributed by atoms with Crippen molar-refractivity contribution in [3.05, 3.63) is 0 Å². The Morgan fingerprint density at radius 1 is 1.00 bits per heavy atom. The molecule has 0 fully saturated rings. The first-order valence-electron chi connectivity index (χ1n) is 5.75. The maximum absolute atomic E-state index is 3.36. The molecule has 0 aliphatic heterocycles. The van der Waals surface area contributed by atoms with Crippen molar-refractivity contribution in [3.63, 3.8) is 0 Å². The van der Waals surface area contributed by atoms with E-state index in [4.69, 9.17) is 0 Å². The van der Waals surface area contributed by atoms with Crippen LogP contribution in [0.5, 0.6) is 0 Å². The summed E-state index contributed by atoms with van der Waals surface area (Å²) < 4.78 is 0. The molecular weight excluding hydrogens is 158 g/mol. The van der Waals surface area contributed by atoms with Gasteiger partial charge in [-0.05, 0) is 31.7 Å². The number of hydrogen-bond donors (Lipinski definition) is 1. The predicted octanol–water partition coefficient (Wildman–Crippen LogP) is 3.30. The van der Waals surface area contributed by atoms with Crippen LogP contribution >= 0.6 is 0 Å². The summed E-state index contributed by atoms with van der Waals surface area (Å²) in [5, 5.41) is 3.36. The molecule has 0 aliphatic rings. The van der Waals surface area contributed by atoms with Crippen molar-refractivity contribution in [2.45, 2.75) is 53.5 Å². The molecule has 1 heteroatoms. The minimum atomic E-state index is 0.638. The molecule has 0 aromatic heterocycles. The Morgan fingerprint density at radius 3 is 1.85 bits per heavy atom. The van der Waals surface area contributed by atoms with E-state index in [1.807, 2.05) is 0 Å². The van der Waals surface area contributed by atoms with Gasteiger partial charge in [0.15, 0.2) is 0 Å². The molecule has 1 nitrogen and oxygen atoms in total. The van der Waals surface area contributed by atoms with E-state index in [1.165, 1.54) is 12.8 Å². The zero-order valence-electron chi connectivity index (χ0n) is 10.2. The van der Waals surface area contributed by atoms with E-state index in [9.17, 15) is 0 Å². The molecule has 0 aromatic rings. The van der Waals surface area contributed by atoms with Crippen LogP contribution < -0.4 is 5.32 Å². The highest BCUT2D eigenvalue weighted by Crippen LogP contribution is 2.28. The summed E-state index contributed by atoms with van der Waals surface area (Å²) in [5.74, 6) is 2.51. The van der Waals surface area contributed by atoms with Gasteiger partial charge < -0.3 is 5.32 Å². The molecule has 0 saturated carbocycles. The average molecular weight is 185 g/mol. The van der Waals surface area contributed by atoms with Crippen molar-refractivity contribution < 1.29 is 0 Å². The highest BCUT2D eigenvalue weighted by atomic mass is 14.9. The second-order valence-corrected chi connectivity index (χ2v) is 4.39. The fourth-order valence-electron chi connectivity index (χ4n) is 2.23. The molecule has 80 valence electrons. The fraction of sp³-hybridized carbons (Fsp3) is 1.00. The lowest BCUT2D eigenvalue weighted by molar-refractivity contribution is 0.204. The van der Waals surface area contributed by atoms with Crippen LogP contribution in [0.4, 0.5) is 0 Å². The molecule has 0 bridgehead atoms. The predicted molar refractivity (Wildman–Crippen MR) is 60.9 cm³/mol. The first-order chi connectivity index (χ1) is 6.08. The Labute approximate surface area is 84.3 Å². The summed E-state index contributed by atoms with van der Waals surface area (Å²) in [6, 6.07) is 0.638. The van der Waals surface area contributed by atoms with Crippen LogP contribution in [0.1, 0.15) is 47.5 Å². The molecular formula is C12H27N. The first-order valence-corrected chi connectivity index (χ1v) is 5.75. The van der Waals surface area contributed by atoms with Gasteiger partial charge in [0.2, 0.25) is 0 Å². The fourth-order valence-corrected chi connectivity index (χ4v) is 2.23.